The number of hydrogen-bond acceptors (Lipinski definition) is 3. The molecule has 4 nitrogen and oxygen atoms in total. The molecule has 29 heavy (non-hydrogen) atoms. The second kappa shape index (κ2) is 20.6. The molecule has 1 unspecified atom stereocenters. The number of carboxylic acids is 1. The summed E-state index contributed by atoms with van der Waals surface area (Å²) in [6, 6.07) is 0. The molecule has 0 aromatic rings. The fourth-order valence-corrected chi connectivity index (χ4v) is 2.64. The Morgan fingerprint density at radius 3 is 1.79 bits per heavy atom. The largest absolute Gasteiger partial charge is 0.479 e. The number of aliphatic carboxylic acids is 1. The Balaban J connectivity index is 3.42. The summed E-state index contributed by atoms with van der Waals surface area (Å²) in [5.41, 5.74) is 0. The highest BCUT2D eigenvalue weighted by atomic mass is 16.6. The minimum Gasteiger partial charge on any atom is -0.479 e. The van der Waals surface area contributed by atoms with Crippen LogP contribution in [0.3, 0.4) is 0 Å². The van der Waals surface area contributed by atoms with Gasteiger partial charge in [-0.15, -0.1) is 0 Å². The minimum atomic E-state index is -1.10. The molecule has 0 fully saturated rings. The standard InChI is InChI=1S/C25H40O4/c1-3-4-5-6-7-8-9-10-11-12-13-14-15-16-17-18-19-20-21-22-24(26)29-23(2)25(27)28/h4-5,7-8,10-11,13-14,23H,3,6,9,12,15-22H2,1-2H3,(H,27,28)/b5-4-,8-7-,11-10-,14-13-. The summed E-state index contributed by atoms with van der Waals surface area (Å²) in [5, 5.41) is 8.68. The maximum Gasteiger partial charge on any atom is 0.344 e. The van der Waals surface area contributed by atoms with Crippen LogP contribution < -0.4 is 0 Å². The van der Waals surface area contributed by atoms with Crippen molar-refractivity contribution in [2.75, 3.05) is 0 Å². The van der Waals surface area contributed by atoms with Crippen molar-refractivity contribution in [3.05, 3.63) is 48.6 Å². The minimum absolute atomic E-state index is 0.305. The SMILES string of the molecule is CC/C=C\C/C=C\C/C=C\C/C=C\CCCCCCCCC(=O)OC(C)C(=O)O. The Morgan fingerprint density at radius 2 is 1.24 bits per heavy atom. The first-order chi connectivity index (χ1) is 14.1. The molecular formula is C25H40O4. The highest BCUT2D eigenvalue weighted by Gasteiger charge is 2.15. The van der Waals surface area contributed by atoms with Crippen molar-refractivity contribution >= 4 is 11.9 Å². The van der Waals surface area contributed by atoms with Crippen molar-refractivity contribution < 1.29 is 19.4 Å². The molecule has 0 aliphatic carbocycles. The molecule has 0 aromatic carbocycles. The van der Waals surface area contributed by atoms with Crippen molar-refractivity contribution in [3.63, 3.8) is 0 Å². The van der Waals surface area contributed by atoms with Crippen molar-refractivity contribution in [1.29, 1.82) is 0 Å². The Kier molecular flexibility index (Phi) is 19.1. The molecule has 164 valence electrons. The number of allylic oxidation sites excluding steroid dienone is 8. The van der Waals surface area contributed by atoms with Gasteiger partial charge in [-0.1, -0.05) is 81.2 Å². The van der Waals surface area contributed by atoms with Crippen LogP contribution in [0.25, 0.3) is 0 Å². The molecule has 1 N–H and O–H groups in total. The summed E-state index contributed by atoms with van der Waals surface area (Å²) in [6.07, 6.45) is 28.7. The van der Waals surface area contributed by atoms with Crippen molar-refractivity contribution in [2.45, 2.75) is 97.0 Å². The van der Waals surface area contributed by atoms with Crippen LogP contribution in [0.1, 0.15) is 90.9 Å². The number of carbonyl (C=O) groups is 2. The van der Waals surface area contributed by atoms with Crippen LogP contribution in [0.2, 0.25) is 0 Å². The predicted octanol–water partition coefficient (Wildman–Crippen LogP) is 6.93. The van der Waals surface area contributed by atoms with Crippen LogP contribution in [0.15, 0.2) is 48.6 Å². The Hall–Kier alpha value is -2.10. The second-order valence-corrected chi connectivity index (χ2v) is 7.13. The highest BCUT2D eigenvalue weighted by Crippen LogP contribution is 2.10. The number of rotatable bonds is 18. The normalized spacial score (nSPS) is 13.2. The quantitative estimate of drug-likeness (QED) is 0.153. The van der Waals surface area contributed by atoms with Crippen molar-refractivity contribution in [2.24, 2.45) is 0 Å². The van der Waals surface area contributed by atoms with E-state index in [2.05, 4.69) is 55.5 Å². The maximum absolute atomic E-state index is 11.4. The van der Waals surface area contributed by atoms with E-state index in [0.29, 0.717) is 6.42 Å². The molecule has 0 aliphatic rings. The summed E-state index contributed by atoms with van der Waals surface area (Å²) in [7, 11) is 0. The van der Waals surface area contributed by atoms with E-state index in [1.165, 1.54) is 26.2 Å². The molecule has 0 radical (unpaired) electrons. The first-order valence-corrected chi connectivity index (χ1v) is 11.1. The topological polar surface area (TPSA) is 63.6 Å². The van der Waals surface area contributed by atoms with Crippen LogP contribution in [0.4, 0.5) is 0 Å². The third kappa shape index (κ3) is 20.4. The van der Waals surface area contributed by atoms with Gasteiger partial charge in [0.15, 0.2) is 6.10 Å². The molecule has 0 aromatic heterocycles. The molecule has 0 saturated heterocycles. The predicted molar refractivity (Wildman–Crippen MR) is 121 cm³/mol. The van der Waals surface area contributed by atoms with Gasteiger partial charge in [-0.3, -0.25) is 4.79 Å². The van der Waals surface area contributed by atoms with Gasteiger partial charge in [0, 0.05) is 6.42 Å². The van der Waals surface area contributed by atoms with E-state index in [4.69, 9.17) is 9.84 Å². The number of carboxylic acid groups (broad SMARTS) is 1. The highest BCUT2D eigenvalue weighted by molar-refractivity contribution is 5.77. The number of unbranched alkanes of at least 4 members (excludes halogenated alkanes) is 6. The van der Waals surface area contributed by atoms with Gasteiger partial charge in [0.25, 0.3) is 0 Å². The van der Waals surface area contributed by atoms with Gasteiger partial charge < -0.3 is 9.84 Å². The van der Waals surface area contributed by atoms with Crippen LogP contribution >= 0.6 is 0 Å². The van der Waals surface area contributed by atoms with E-state index in [9.17, 15) is 9.59 Å². The monoisotopic (exact) mass is 404 g/mol. The van der Waals surface area contributed by atoms with E-state index in [1.54, 1.807) is 0 Å². The number of carbonyl (C=O) groups excluding carboxylic acids is 1. The molecule has 0 heterocycles. The molecular weight excluding hydrogens is 364 g/mol. The molecule has 0 saturated carbocycles. The molecule has 1 atom stereocenters. The lowest BCUT2D eigenvalue weighted by Crippen LogP contribution is -2.23. The van der Waals surface area contributed by atoms with Crippen molar-refractivity contribution in [3.8, 4) is 0 Å². The third-order valence-electron chi connectivity index (χ3n) is 4.38. The van der Waals surface area contributed by atoms with Gasteiger partial charge in [0.2, 0.25) is 0 Å². The molecule has 0 aliphatic heterocycles. The lowest BCUT2D eigenvalue weighted by Gasteiger charge is -2.08. The van der Waals surface area contributed by atoms with Crippen LogP contribution in [0, 0.1) is 0 Å². The molecule has 0 spiro atoms. The van der Waals surface area contributed by atoms with E-state index < -0.39 is 18.0 Å². The van der Waals surface area contributed by atoms with Gasteiger partial charge in [0.05, 0.1) is 0 Å². The zero-order chi connectivity index (χ0) is 21.6. The molecule has 0 amide bonds. The third-order valence-corrected chi connectivity index (χ3v) is 4.38. The Bertz CT molecular complexity index is 529. The number of esters is 1. The smallest absolute Gasteiger partial charge is 0.344 e. The van der Waals surface area contributed by atoms with Gasteiger partial charge in [-0.05, 0) is 51.9 Å². The fourth-order valence-electron chi connectivity index (χ4n) is 2.64. The average Bonchev–Trinajstić information content (AvgIpc) is 2.69. The van der Waals surface area contributed by atoms with Crippen LogP contribution in [0.5, 0.6) is 0 Å². The first-order valence-electron chi connectivity index (χ1n) is 11.1. The van der Waals surface area contributed by atoms with E-state index in [1.807, 2.05) is 0 Å². The maximum atomic E-state index is 11.4. The first kappa shape index (κ1) is 26.9. The zero-order valence-corrected chi connectivity index (χ0v) is 18.4. The lowest BCUT2D eigenvalue weighted by atomic mass is 10.1. The van der Waals surface area contributed by atoms with Gasteiger partial charge in [-0.25, -0.2) is 4.79 Å². The second-order valence-electron chi connectivity index (χ2n) is 7.13. The number of ether oxygens (including phenoxy) is 1. The van der Waals surface area contributed by atoms with Gasteiger partial charge in [0.1, 0.15) is 0 Å². The van der Waals surface area contributed by atoms with Gasteiger partial charge >= 0.3 is 11.9 Å². The molecule has 0 rings (SSSR count). The lowest BCUT2D eigenvalue weighted by molar-refractivity contribution is -0.162. The fraction of sp³-hybridized carbons (Fsp3) is 0.600. The summed E-state index contributed by atoms with van der Waals surface area (Å²) in [6.45, 7) is 3.52. The van der Waals surface area contributed by atoms with Crippen LogP contribution in [-0.2, 0) is 14.3 Å². The van der Waals surface area contributed by atoms with Gasteiger partial charge in [-0.2, -0.15) is 0 Å². The molecule has 0 bridgehead atoms. The summed E-state index contributed by atoms with van der Waals surface area (Å²) >= 11 is 0. The average molecular weight is 405 g/mol. The van der Waals surface area contributed by atoms with E-state index in [-0.39, 0.29) is 0 Å². The summed E-state index contributed by atoms with van der Waals surface area (Å²) in [4.78, 5) is 22.0. The summed E-state index contributed by atoms with van der Waals surface area (Å²) < 4.78 is 4.79. The Labute approximate surface area is 177 Å². The zero-order valence-electron chi connectivity index (χ0n) is 18.4. The summed E-state index contributed by atoms with van der Waals surface area (Å²) in [5.74, 6) is -1.52. The van der Waals surface area contributed by atoms with E-state index >= 15 is 0 Å². The van der Waals surface area contributed by atoms with Crippen LogP contribution in [-0.4, -0.2) is 23.1 Å². The Morgan fingerprint density at radius 1 is 0.759 bits per heavy atom. The molecule has 4 heteroatoms. The number of hydrogen-bond donors (Lipinski definition) is 1. The van der Waals surface area contributed by atoms with E-state index in [0.717, 1.165) is 51.4 Å². The van der Waals surface area contributed by atoms with Crippen molar-refractivity contribution in [1.82, 2.24) is 0 Å².